The summed E-state index contributed by atoms with van der Waals surface area (Å²) in [5.74, 6) is -0.632. The highest BCUT2D eigenvalue weighted by molar-refractivity contribution is 6.05. The minimum Gasteiger partial charge on any atom is -0.487 e. The van der Waals surface area contributed by atoms with Gasteiger partial charge in [-0.05, 0) is 79.5 Å². The molecule has 1 amide bonds. The van der Waals surface area contributed by atoms with E-state index in [9.17, 15) is 27.9 Å². The van der Waals surface area contributed by atoms with Crippen molar-refractivity contribution in [2.75, 3.05) is 7.11 Å². The van der Waals surface area contributed by atoms with Crippen molar-refractivity contribution < 1.29 is 37.3 Å². The van der Waals surface area contributed by atoms with Gasteiger partial charge < -0.3 is 19.9 Å². The van der Waals surface area contributed by atoms with Crippen molar-refractivity contribution in [1.29, 1.82) is 0 Å². The van der Waals surface area contributed by atoms with Crippen molar-refractivity contribution in [2.24, 2.45) is 17.3 Å². The van der Waals surface area contributed by atoms with Crippen LogP contribution in [0.15, 0.2) is 60.7 Å². The molecule has 0 saturated heterocycles. The Morgan fingerprint density at radius 3 is 2.32 bits per heavy atom. The van der Waals surface area contributed by atoms with E-state index in [1.54, 1.807) is 31.4 Å². The quantitative estimate of drug-likeness (QED) is 0.320. The number of alkyl halides is 3. The monoisotopic (exact) mass is 567 g/mol. The van der Waals surface area contributed by atoms with E-state index in [0.717, 1.165) is 49.6 Å². The molecule has 0 heterocycles. The number of hydrogen-bond acceptors (Lipinski definition) is 4. The van der Waals surface area contributed by atoms with Crippen LogP contribution >= 0.6 is 0 Å². The molecule has 0 radical (unpaired) electrons. The number of carboxylic acid groups (broad SMARTS) is 1. The van der Waals surface area contributed by atoms with E-state index in [2.05, 4.69) is 5.32 Å². The number of carbonyl (C=O) groups is 2. The maximum absolute atomic E-state index is 13.8. The second-order valence-corrected chi connectivity index (χ2v) is 12.1. The van der Waals surface area contributed by atoms with Gasteiger partial charge in [-0.3, -0.25) is 4.79 Å². The van der Waals surface area contributed by atoms with Crippen molar-refractivity contribution in [1.82, 2.24) is 5.32 Å². The number of carbonyl (C=O) groups excluding carboxylic acids is 1. The van der Waals surface area contributed by atoms with Crippen LogP contribution in [0.5, 0.6) is 5.75 Å². The molecular formula is C32H32F3NO5. The fourth-order valence-electron chi connectivity index (χ4n) is 8.03. The number of benzene rings is 3. The van der Waals surface area contributed by atoms with Crippen molar-refractivity contribution in [3.05, 3.63) is 77.4 Å². The number of methoxy groups -OCH3 is 1. The smallest absolute Gasteiger partial charge is 0.416 e. The van der Waals surface area contributed by atoms with E-state index >= 15 is 0 Å². The lowest BCUT2D eigenvalue weighted by Crippen LogP contribution is -2.64. The number of aliphatic carboxylic acids is 1. The molecule has 7 rings (SSSR count). The van der Waals surface area contributed by atoms with Crippen LogP contribution in [-0.4, -0.2) is 35.7 Å². The predicted molar refractivity (Wildman–Crippen MR) is 145 cm³/mol. The molecule has 5 atom stereocenters. The van der Waals surface area contributed by atoms with Crippen LogP contribution in [0.1, 0.15) is 60.0 Å². The summed E-state index contributed by atoms with van der Waals surface area (Å²) in [6.07, 6.45) is 0.543. The van der Waals surface area contributed by atoms with Gasteiger partial charge in [0.25, 0.3) is 5.91 Å². The normalized spacial score (nSPS) is 27.5. The molecule has 2 unspecified atom stereocenters. The minimum absolute atomic E-state index is 0.0710. The van der Waals surface area contributed by atoms with Crippen LogP contribution in [-0.2, 0) is 22.3 Å². The molecule has 0 spiro atoms. The summed E-state index contributed by atoms with van der Waals surface area (Å²) in [5, 5.41) is 14.7. The average molecular weight is 568 g/mol. The Hall–Kier alpha value is -3.59. The summed E-state index contributed by atoms with van der Waals surface area (Å²) < 4.78 is 51.1. The van der Waals surface area contributed by atoms with Crippen molar-refractivity contribution >= 4 is 22.6 Å². The molecule has 4 saturated carbocycles. The molecular weight excluding hydrogens is 535 g/mol. The number of hydrogen-bond donors (Lipinski definition) is 2. The SMILES string of the molecule is COC12C[C@H]3C[C@@H](C1)CC([C@H](NC(=O)c1ccc4ccccc4c1OCc1ccc(C(F)(F)F)cc1)C(=O)O)(C3)C2. The molecule has 2 N–H and O–H groups in total. The summed E-state index contributed by atoms with van der Waals surface area (Å²) in [6, 6.07) is 14.3. The number of halogens is 3. The summed E-state index contributed by atoms with van der Waals surface area (Å²) in [4.78, 5) is 26.5. The van der Waals surface area contributed by atoms with Gasteiger partial charge in [-0.2, -0.15) is 13.2 Å². The molecule has 3 aromatic carbocycles. The number of nitrogens with one attached hydrogen (secondary N) is 1. The van der Waals surface area contributed by atoms with Crippen LogP contribution in [0, 0.1) is 17.3 Å². The zero-order valence-corrected chi connectivity index (χ0v) is 22.7. The first-order chi connectivity index (χ1) is 19.5. The molecule has 216 valence electrons. The zero-order valence-electron chi connectivity index (χ0n) is 22.7. The maximum Gasteiger partial charge on any atom is 0.416 e. The highest BCUT2D eigenvalue weighted by Gasteiger charge is 2.62. The van der Waals surface area contributed by atoms with Gasteiger partial charge in [-0.1, -0.05) is 42.5 Å². The van der Waals surface area contributed by atoms with E-state index in [-0.39, 0.29) is 23.5 Å². The average Bonchev–Trinajstić information content (AvgIpc) is 2.93. The van der Waals surface area contributed by atoms with Gasteiger partial charge in [0.1, 0.15) is 18.4 Å². The van der Waals surface area contributed by atoms with E-state index in [0.29, 0.717) is 29.2 Å². The number of ether oxygens (including phenoxy) is 2. The number of carboxylic acids is 1. The first-order valence-corrected chi connectivity index (χ1v) is 13.9. The highest BCUT2D eigenvalue weighted by atomic mass is 19.4. The van der Waals surface area contributed by atoms with Crippen molar-refractivity contribution in [2.45, 2.75) is 63.0 Å². The largest absolute Gasteiger partial charge is 0.487 e. The van der Waals surface area contributed by atoms with Crippen LogP contribution in [0.3, 0.4) is 0 Å². The minimum atomic E-state index is -4.44. The molecule has 41 heavy (non-hydrogen) atoms. The third-order valence-corrected chi connectivity index (χ3v) is 9.41. The maximum atomic E-state index is 13.8. The van der Waals surface area contributed by atoms with Crippen molar-refractivity contribution in [3.63, 3.8) is 0 Å². The first kappa shape index (κ1) is 27.6. The summed E-state index contributed by atoms with van der Waals surface area (Å²) in [5.41, 5.74) is -1.03. The van der Waals surface area contributed by atoms with E-state index in [4.69, 9.17) is 9.47 Å². The fourth-order valence-corrected chi connectivity index (χ4v) is 8.03. The topological polar surface area (TPSA) is 84.9 Å². The van der Waals surface area contributed by atoms with E-state index in [1.807, 2.05) is 12.1 Å². The Kier molecular flexibility index (Phi) is 6.76. The van der Waals surface area contributed by atoms with Gasteiger partial charge in [0.05, 0.1) is 16.7 Å². The third-order valence-electron chi connectivity index (χ3n) is 9.41. The summed E-state index contributed by atoms with van der Waals surface area (Å²) >= 11 is 0. The Balaban J connectivity index is 1.29. The lowest BCUT2D eigenvalue weighted by atomic mass is 9.46. The number of fused-ring (bicyclic) bond motifs is 1. The fraction of sp³-hybridized carbons (Fsp3) is 0.438. The van der Waals surface area contributed by atoms with Crippen molar-refractivity contribution in [3.8, 4) is 5.75 Å². The van der Waals surface area contributed by atoms with Gasteiger partial charge in [0.15, 0.2) is 0 Å². The van der Waals surface area contributed by atoms with E-state index in [1.165, 1.54) is 12.1 Å². The summed E-state index contributed by atoms with van der Waals surface area (Å²) in [7, 11) is 1.70. The van der Waals surface area contributed by atoms with Gasteiger partial charge >= 0.3 is 12.1 Å². The van der Waals surface area contributed by atoms with Gasteiger partial charge in [-0.15, -0.1) is 0 Å². The molecule has 3 aromatic rings. The molecule has 4 fully saturated rings. The number of amides is 1. The summed E-state index contributed by atoms with van der Waals surface area (Å²) in [6.45, 7) is -0.0710. The lowest BCUT2D eigenvalue weighted by Gasteiger charge is -2.62. The molecule has 4 bridgehead atoms. The highest BCUT2D eigenvalue weighted by Crippen LogP contribution is 2.63. The van der Waals surface area contributed by atoms with Crippen LogP contribution < -0.4 is 10.1 Å². The van der Waals surface area contributed by atoms with Crippen LogP contribution in [0.2, 0.25) is 0 Å². The third kappa shape index (κ3) is 5.05. The molecule has 9 heteroatoms. The second kappa shape index (κ2) is 10.0. The molecule has 4 aliphatic rings. The Morgan fingerprint density at radius 2 is 1.68 bits per heavy atom. The Bertz CT molecular complexity index is 1470. The molecule has 4 aliphatic carbocycles. The molecule has 0 aliphatic heterocycles. The van der Waals surface area contributed by atoms with Crippen LogP contribution in [0.25, 0.3) is 10.8 Å². The Labute approximate surface area is 235 Å². The molecule has 6 nitrogen and oxygen atoms in total. The van der Waals surface area contributed by atoms with Gasteiger partial charge in [0, 0.05) is 17.9 Å². The lowest BCUT2D eigenvalue weighted by molar-refractivity contribution is -0.193. The number of rotatable bonds is 8. The Morgan fingerprint density at radius 1 is 1.00 bits per heavy atom. The van der Waals surface area contributed by atoms with Gasteiger partial charge in [0.2, 0.25) is 0 Å². The molecule has 0 aromatic heterocycles. The first-order valence-electron chi connectivity index (χ1n) is 13.9. The van der Waals surface area contributed by atoms with Crippen LogP contribution in [0.4, 0.5) is 13.2 Å². The second-order valence-electron chi connectivity index (χ2n) is 12.1. The van der Waals surface area contributed by atoms with E-state index < -0.39 is 35.1 Å². The zero-order chi connectivity index (χ0) is 29.0. The predicted octanol–water partition coefficient (Wildman–Crippen LogP) is 6.61. The standard InChI is InChI=1S/C32H32F3NO5/c1-40-31-15-20-12-21(16-31)14-30(13-20,18-31)27(29(38)39)36-28(37)25-11-8-22-4-2-3-5-24(22)26(25)41-17-19-6-9-23(10-7-19)32(33,34)35/h2-11,20-21,27H,12-18H2,1H3,(H,36,37)(H,38,39)/t20-,21+,27-,30?,31?/m1/s1. The van der Waals surface area contributed by atoms with Gasteiger partial charge in [-0.25, -0.2) is 4.79 Å².